The number of benzene rings is 3. The third-order valence-corrected chi connectivity index (χ3v) is 5.76. The van der Waals surface area contributed by atoms with Gasteiger partial charge in [-0.3, -0.25) is 14.2 Å². The van der Waals surface area contributed by atoms with Gasteiger partial charge in [-0.15, -0.1) is 0 Å². The van der Waals surface area contributed by atoms with Crippen LogP contribution in [0.5, 0.6) is 11.5 Å². The highest BCUT2D eigenvalue weighted by molar-refractivity contribution is 7.99. The summed E-state index contributed by atoms with van der Waals surface area (Å²) >= 11 is 1.09. The van der Waals surface area contributed by atoms with E-state index in [-0.39, 0.29) is 29.4 Å². The van der Waals surface area contributed by atoms with Crippen LogP contribution in [0.1, 0.15) is 0 Å². The molecule has 0 spiro atoms. The Bertz CT molecular complexity index is 1390. The van der Waals surface area contributed by atoms with Crippen LogP contribution in [0.15, 0.2) is 76.7 Å². The number of hydrogen-bond donors (Lipinski definition) is 1. The van der Waals surface area contributed by atoms with Gasteiger partial charge in [-0.1, -0.05) is 36.0 Å². The Balaban J connectivity index is 1.44. The van der Waals surface area contributed by atoms with Gasteiger partial charge in [0.2, 0.25) is 12.7 Å². The van der Waals surface area contributed by atoms with E-state index in [2.05, 4.69) is 10.3 Å². The van der Waals surface area contributed by atoms with Crippen LogP contribution in [0.2, 0.25) is 0 Å². The number of hydrogen-bond acceptors (Lipinski definition) is 6. The minimum Gasteiger partial charge on any atom is -0.454 e. The smallest absolute Gasteiger partial charge is 0.269 e. The van der Waals surface area contributed by atoms with E-state index in [0.29, 0.717) is 28.0 Å². The first-order valence-electron chi connectivity index (χ1n) is 9.69. The lowest BCUT2D eigenvalue weighted by Crippen LogP contribution is -2.23. The third-order valence-electron chi connectivity index (χ3n) is 4.82. The molecule has 1 aliphatic rings. The van der Waals surface area contributed by atoms with Crippen molar-refractivity contribution in [2.45, 2.75) is 5.16 Å². The minimum absolute atomic E-state index is 0.00542. The normalized spacial score (nSPS) is 12.2. The summed E-state index contributed by atoms with van der Waals surface area (Å²) in [6.45, 7) is 0.147. The standard InChI is InChI=1S/C23H16FN3O4S/c24-16-7-4-8-17-21(16)22(29)27(15-5-2-1-3-6-15)23(26-17)32-12-20(28)25-14-9-10-18-19(11-14)31-13-30-18/h1-11H,12-13H2,(H,25,28). The molecule has 4 aromatic rings. The van der Waals surface area contributed by atoms with Crippen molar-refractivity contribution in [2.24, 2.45) is 0 Å². The van der Waals surface area contributed by atoms with Crippen molar-refractivity contribution < 1.29 is 18.7 Å². The van der Waals surface area contributed by atoms with Crippen molar-refractivity contribution in [2.75, 3.05) is 17.9 Å². The van der Waals surface area contributed by atoms with Gasteiger partial charge < -0.3 is 14.8 Å². The number of nitrogens with zero attached hydrogens (tertiary/aromatic N) is 2. The largest absolute Gasteiger partial charge is 0.454 e. The Morgan fingerprint density at radius 3 is 2.72 bits per heavy atom. The Kier molecular flexibility index (Phi) is 5.24. The van der Waals surface area contributed by atoms with Gasteiger partial charge in [0, 0.05) is 11.8 Å². The first-order valence-corrected chi connectivity index (χ1v) is 10.7. The average molecular weight is 449 g/mol. The molecule has 0 atom stereocenters. The second kappa shape index (κ2) is 8.35. The summed E-state index contributed by atoms with van der Waals surface area (Å²) in [4.78, 5) is 30.2. The molecule has 1 amide bonds. The molecule has 0 aliphatic carbocycles. The van der Waals surface area contributed by atoms with Crippen molar-refractivity contribution in [3.63, 3.8) is 0 Å². The molecule has 160 valence electrons. The molecule has 32 heavy (non-hydrogen) atoms. The number of carbonyl (C=O) groups excluding carboxylic acids is 1. The molecule has 0 unspecified atom stereocenters. The van der Waals surface area contributed by atoms with E-state index < -0.39 is 11.4 Å². The predicted molar refractivity (Wildman–Crippen MR) is 119 cm³/mol. The fourth-order valence-corrected chi connectivity index (χ4v) is 4.19. The number of amides is 1. The zero-order valence-electron chi connectivity index (χ0n) is 16.6. The summed E-state index contributed by atoms with van der Waals surface area (Å²) in [6, 6.07) is 18.2. The van der Waals surface area contributed by atoms with Crippen molar-refractivity contribution in [1.29, 1.82) is 0 Å². The lowest BCUT2D eigenvalue weighted by Gasteiger charge is -2.13. The van der Waals surface area contributed by atoms with E-state index in [1.54, 1.807) is 48.5 Å². The van der Waals surface area contributed by atoms with Gasteiger partial charge in [0.05, 0.1) is 17.0 Å². The van der Waals surface area contributed by atoms with Gasteiger partial charge >= 0.3 is 0 Å². The molecule has 0 bridgehead atoms. The number of anilines is 1. The number of aromatic nitrogens is 2. The number of nitrogens with one attached hydrogen (secondary N) is 1. The minimum atomic E-state index is -0.637. The summed E-state index contributed by atoms with van der Waals surface area (Å²) in [7, 11) is 0. The molecule has 5 rings (SSSR count). The summed E-state index contributed by atoms with van der Waals surface area (Å²) < 4.78 is 26.3. The van der Waals surface area contributed by atoms with Crippen LogP contribution >= 0.6 is 11.8 Å². The number of para-hydroxylation sites is 1. The first kappa shape index (κ1) is 20.1. The highest BCUT2D eigenvalue weighted by atomic mass is 32.2. The molecular weight excluding hydrogens is 433 g/mol. The molecule has 0 fully saturated rings. The molecule has 0 radical (unpaired) electrons. The van der Waals surface area contributed by atoms with Crippen LogP contribution in [0.25, 0.3) is 16.6 Å². The van der Waals surface area contributed by atoms with E-state index in [1.807, 2.05) is 6.07 Å². The molecular formula is C23H16FN3O4S. The van der Waals surface area contributed by atoms with E-state index in [1.165, 1.54) is 16.7 Å². The Morgan fingerprint density at radius 2 is 1.88 bits per heavy atom. The van der Waals surface area contributed by atoms with Crippen molar-refractivity contribution >= 4 is 34.3 Å². The highest BCUT2D eigenvalue weighted by Crippen LogP contribution is 2.34. The Morgan fingerprint density at radius 1 is 1.06 bits per heavy atom. The van der Waals surface area contributed by atoms with Crippen molar-refractivity contribution in [3.8, 4) is 17.2 Å². The molecule has 1 aromatic heterocycles. The zero-order chi connectivity index (χ0) is 22.1. The Hall–Kier alpha value is -3.85. The van der Waals surface area contributed by atoms with Gasteiger partial charge in [0.25, 0.3) is 5.56 Å². The average Bonchev–Trinajstić information content (AvgIpc) is 3.26. The lowest BCUT2D eigenvalue weighted by atomic mass is 10.2. The zero-order valence-corrected chi connectivity index (χ0v) is 17.4. The predicted octanol–water partition coefficient (Wildman–Crippen LogP) is 3.98. The topological polar surface area (TPSA) is 82.5 Å². The molecule has 3 aromatic carbocycles. The number of thioether (sulfide) groups is 1. The van der Waals surface area contributed by atoms with Gasteiger partial charge in [-0.05, 0) is 36.4 Å². The maximum absolute atomic E-state index is 14.4. The van der Waals surface area contributed by atoms with Gasteiger partial charge in [-0.2, -0.15) is 0 Å². The summed E-state index contributed by atoms with van der Waals surface area (Å²) in [5, 5.41) is 2.99. The molecule has 0 saturated heterocycles. The van der Waals surface area contributed by atoms with Crippen LogP contribution < -0.4 is 20.3 Å². The number of halogens is 1. The van der Waals surface area contributed by atoms with E-state index >= 15 is 0 Å². The van der Waals surface area contributed by atoms with Gasteiger partial charge in [0.15, 0.2) is 16.7 Å². The molecule has 1 aliphatic heterocycles. The van der Waals surface area contributed by atoms with Crippen LogP contribution in [-0.4, -0.2) is 28.0 Å². The van der Waals surface area contributed by atoms with E-state index in [0.717, 1.165) is 11.8 Å². The maximum atomic E-state index is 14.4. The molecule has 1 N–H and O–H groups in total. The summed E-state index contributed by atoms with van der Waals surface area (Å²) in [5.74, 6) is 0.251. The lowest BCUT2D eigenvalue weighted by molar-refractivity contribution is -0.113. The fraction of sp³-hybridized carbons (Fsp3) is 0.0870. The van der Waals surface area contributed by atoms with E-state index in [9.17, 15) is 14.0 Å². The highest BCUT2D eigenvalue weighted by Gasteiger charge is 2.18. The van der Waals surface area contributed by atoms with Gasteiger partial charge in [-0.25, -0.2) is 9.37 Å². The molecule has 7 nitrogen and oxygen atoms in total. The van der Waals surface area contributed by atoms with Crippen LogP contribution in [0.3, 0.4) is 0 Å². The van der Waals surface area contributed by atoms with Gasteiger partial charge in [0.1, 0.15) is 11.2 Å². The fourth-order valence-electron chi connectivity index (χ4n) is 3.37. The first-order chi connectivity index (χ1) is 15.6. The maximum Gasteiger partial charge on any atom is 0.269 e. The number of rotatable bonds is 5. The van der Waals surface area contributed by atoms with E-state index in [4.69, 9.17) is 9.47 Å². The number of fused-ring (bicyclic) bond motifs is 2. The van der Waals surface area contributed by atoms with Crippen LogP contribution in [0, 0.1) is 5.82 Å². The second-order valence-corrected chi connectivity index (χ2v) is 7.85. The van der Waals surface area contributed by atoms with Crippen LogP contribution in [0.4, 0.5) is 10.1 Å². The number of ether oxygens (including phenoxy) is 2. The van der Waals surface area contributed by atoms with Crippen molar-refractivity contribution in [1.82, 2.24) is 9.55 Å². The monoisotopic (exact) mass is 449 g/mol. The van der Waals surface area contributed by atoms with Crippen LogP contribution in [-0.2, 0) is 4.79 Å². The molecule has 9 heteroatoms. The summed E-state index contributed by atoms with van der Waals surface area (Å²) in [5.41, 5.74) is 0.807. The third kappa shape index (κ3) is 3.78. The molecule has 0 saturated carbocycles. The number of carbonyl (C=O) groups is 1. The second-order valence-electron chi connectivity index (χ2n) is 6.91. The van der Waals surface area contributed by atoms with Crippen molar-refractivity contribution in [3.05, 3.63) is 82.9 Å². The Labute approximate surface area is 185 Å². The summed E-state index contributed by atoms with van der Waals surface area (Å²) in [6.07, 6.45) is 0. The molecule has 2 heterocycles. The quantitative estimate of drug-likeness (QED) is 0.367. The SMILES string of the molecule is O=C(CSc1nc2cccc(F)c2c(=O)n1-c1ccccc1)Nc1ccc2c(c1)OCO2.